The summed E-state index contributed by atoms with van der Waals surface area (Å²) < 4.78 is 18.6. The third kappa shape index (κ3) is 4.58. The molecule has 7 nitrogen and oxygen atoms in total. The van der Waals surface area contributed by atoms with Crippen molar-refractivity contribution < 1.29 is 19.0 Å². The van der Waals surface area contributed by atoms with Gasteiger partial charge in [-0.05, 0) is 62.9 Å². The number of carbonyl (C=O) groups excluding carboxylic acids is 1. The lowest BCUT2D eigenvalue weighted by Gasteiger charge is -2.24. The van der Waals surface area contributed by atoms with E-state index in [1.54, 1.807) is 38.5 Å². The van der Waals surface area contributed by atoms with E-state index in [2.05, 4.69) is 4.99 Å². The number of hydrogen-bond acceptors (Lipinski definition) is 8. The van der Waals surface area contributed by atoms with Crippen LogP contribution in [0.1, 0.15) is 44.2 Å². The van der Waals surface area contributed by atoms with Gasteiger partial charge in [0.15, 0.2) is 16.3 Å². The van der Waals surface area contributed by atoms with Gasteiger partial charge in [0, 0.05) is 4.88 Å². The van der Waals surface area contributed by atoms with Crippen molar-refractivity contribution in [2.45, 2.75) is 39.8 Å². The van der Waals surface area contributed by atoms with E-state index in [9.17, 15) is 9.59 Å². The molecular weight excluding hydrogens is 472 g/mol. The molecule has 0 amide bonds. The normalized spacial score (nSPS) is 15.8. The molecule has 1 aliphatic heterocycles. The van der Waals surface area contributed by atoms with Crippen LogP contribution in [0.25, 0.3) is 6.08 Å². The smallest absolute Gasteiger partial charge is 0.338 e. The molecule has 0 saturated carbocycles. The highest BCUT2D eigenvalue weighted by Crippen LogP contribution is 2.33. The number of nitrogens with zero attached hydrogens (tertiary/aromatic N) is 2. The van der Waals surface area contributed by atoms with Crippen LogP contribution in [-0.4, -0.2) is 30.4 Å². The van der Waals surface area contributed by atoms with Crippen molar-refractivity contribution in [1.82, 2.24) is 4.57 Å². The summed E-state index contributed by atoms with van der Waals surface area (Å²) in [5.41, 5.74) is 1.53. The van der Waals surface area contributed by atoms with Gasteiger partial charge in [0.2, 0.25) is 0 Å². The highest BCUT2D eigenvalue weighted by Gasteiger charge is 2.34. The summed E-state index contributed by atoms with van der Waals surface area (Å²) in [7, 11) is 1.58. The Morgan fingerprint density at radius 1 is 1.26 bits per heavy atom. The summed E-state index contributed by atoms with van der Waals surface area (Å²) in [6.45, 7) is 7.82. The van der Waals surface area contributed by atoms with Crippen molar-refractivity contribution >= 4 is 34.7 Å². The van der Waals surface area contributed by atoms with Gasteiger partial charge in [0.05, 0.1) is 35.6 Å². The molecule has 34 heavy (non-hydrogen) atoms. The molecule has 0 unspecified atom stereocenters. The molecule has 4 rings (SSSR count). The van der Waals surface area contributed by atoms with E-state index >= 15 is 0 Å². The van der Waals surface area contributed by atoms with Gasteiger partial charge in [-0.15, -0.1) is 11.3 Å². The average molecular weight is 499 g/mol. The van der Waals surface area contributed by atoms with Crippen LogP contribution in [0.15, 0.2) is 56.8 Å². The summed E-state index contributed by atoms with van der Waals surface area (Å²) in [6, 6.07) is 8.77. The van der Waals surface area contributed by atoms with Crippen LogP contribution < -0.4 is 24.4 Å². The predicted octanol–water partition coefficient (Wildman–Crippen LogP) is 3.66. The Hall–Kier alpha value is -3.17. The SMILES string of the molecule is CCOc1ccc(/C=c2\sc3n(c2=O)[C@H](c2cccs2)C(C(=O)OC(C)C)=C(C)N=3)cc1OC. The summed E-state index contributed by atoms with van der Waals surface area (Å²) in [5.74, 6) is 0.778. The minimum absolute atomic E-state index is 0.211. The molecule has 1 aromatic carbocycles. The zero-order valence-corrected chi connectivity index (χ0v) is 21.3. The number of thiazole rings is 1. The third-order valence-corrected chi connectivity index (χ3v) is 7.09. The van der Waals surface area contributed by atoms with E-state index in [4.69, 9.17) is 14.2 Å². The van der Waals surface area contributed by atoms with Gasteiger partial charge >= 0.3 is 5.97 Å². The molecule has 0 N–H and O–H groups in total. The first-order valence-corrected chi connectivity index (χ1v) is 12.6. The first-order valence-electron chi connectivity index (χ1n) is 10.9. The zero-order valence-electron chi connectivity index (χ0n) is 19.7. The molecule has 9 heteroatoms. The highest BCUT2D eigenvalue weighted by molar-refractivity contribution is 7.10. The number of hydrogen-bond donors (Lipinski definition) is 0. The van der Waals surface area contributed by atoms with Crippen LogP contribution in [0.5, 0.6) is 11.5 Å². The molecule has 1 aliphatic rings. The Morgan fingerprint density at radius 2 is 2.06 bits per heavy atom. The molecule has 2 aromatic heterocycles. The topological polar surface area (TPSA) is 79.1 Å². The molecule has 0 spiro atoms. The average Bonchev–Trinajstić information content (AvgIpc) is 3.42. The minimum Gasteiger partial charge on any atom is -0.493 e. The highest BCUT2D eigenvalue weighted by atomic mass is 32.1. The standard InChI is InChI=1S/C25H26N2O5S2/c1-6-31-17-10-9-16(12-18(17)30-5)13-20-23(28)27-22(19-8-7-11-33-19)21(24(29)32-14(2)3)15(4)26-25(27)34-20/h7-14,22H,6H2,1-5H3/b20-13-/t22-/m1/s1. The van der Waals surface area contributed by atoms with Crippen LogP contribution in [0.2, 0.25) is 0 Å². The molecule has 0 saturated heterocycles. The van der Waals surface area contributed by atoms with Gasteiger partial charge in [0.25, 0.3) is 5.56 Å². The number of esters is 1. The molecule has 0 aliphatic carbocycles. The maximum Gasteiger partial charge on any atom is 0.338 e. The van der Waals surface area contributed by atoms with E-state index in [1.165, 1.54) is 22.7 Å². The lowest BCUT2D eigenvalue weighted by Crippen LogP contribution is -2.39. The largest absolute Gasteiger partial charge is 0.493 e. The zero-order chi connectivity index (χ0) is 24.4. The van der Waals surface area contributed by atoms with Crippen LogP contribution in [-0.2, 0) is 9.53 Å². The minimum atomic E-state index is -0.584. The summed E-state index contributed by atoms with van der Waals surface area (Å²) in [4.78, 5) is 32.7. The number of aromatic nitrogens is 1. The molecule has 0 radical (unpaired) electrons. The second-order valence-electron chi connectivity index (χ2n) is 7.89. The van der Waals surface area contributed by atoms with Crippen molar-refractivity contribution in [2.75, 3.05) is 13.7 Å². The van der Waals surface area contributed by atoms with Gasteiger partial charge in [-0.3, -0.25) is 9.36 Å². The summed E-state index contributed by atoms with van der Waals surface area (Å²) in [5, 5.41) is 1.93. The van der Waals surface area contributed by atoms with Crippen LogP contribution in [0, 0.1) is 0 Å². The molecular formula is C25H26N2O5S2. The number of fused-ring (bicyclic) bond motifs is 1. The second kappa shape index (κ2) is 9.99. The van der Waals surface area contributed by atoms with Gasteiger partial charge in [0.1, 0.15) is 6.04 Å². The molecule has 178 valence electrons. The number of carbonyl (C=O) groups is 1. The summed E-state index contributed by atoms with van der Waals surface area (Å²) in [6.07, 6.45) is 1.52. The monoisotopic (exact) mass is 498 g/mol. The quantitative estimate of drug-likeness (QED) is 0.465. The second-order valence-corrected chi connectivity index (χ2v) is 9.88. The van der Waals surface area contributed by atoms with Gasteiger partial charge in [-0.2, -0.15) is 0 Å². The van der Waals surface area contributed by atoms with Crippen molar-refractivity contribution in [3.8, 4) is 11.5 Å². The van der Waals surface area contributed by atoms with Gasteiger partial charge in [-0.25, -0.2) is 9.79 Å². The first kappa shape index (κ1) is 24.0. The Kier molecular flexibility index (Phi) is 7.04. The maximum absolute atomic E-state index is 13.6. The number of thiophene rings is 1. The molecule has 0 bridgehead atoms. The fraction of sp³-hybridized carbons (Fsp3) is 0.320. The molecule has 1 atom stereocenters. The van der Waals surface area contributed by atoms with Crippen LogP contribution in [0.3, 0.4) is 0 Å². The fourth-order valence-corrected chi connectivity index (χ4v) is 5.65. The van der Waals surface area contributed by atoms with Crippen LogP contribution >= 0.6 is 22.7 Å². The van der Waals surface area contributed by atoms with E-state index in [0.717, 1.165) is 10.4 Å². The number of methoxy groups -OCH3 is 1. The number of benzene rings is 1. The van der Waals surface area contributed by atoms with Crippen LogP contribution in [0.4, 0.5) is 0 Å². The van der Waals surface area contributed by atoms with E-state index < -0.39 is 12.0 Å². The van der Waals surface area contributed by atoms with Crippen molar-refractivity contribution in [1.29, 1.82) is 0 Å². The van der Waals surface area contributed by atoms with Gasteiger partial charge in [-0.1, -0.05) is 23.5 Å². The number of rotatable bonds is 7. The van der Waals surface area contributed by atoms with E-state index in [0.29, 0.717) is 38.7 Å². The Balaban J connectivity index is 1.86. The molecule has 3 aromatic rings. The predicted molar refractivity (Wildman–Crippen MR) is 133 cm³/mol. The number of allylic oxidation sites excluding steroid dienone is 1. The Bertz CT molecular complexity index is 1410. The van der Waals surface area contributed by atoms with Crippen molar-refractivity contribution in [2.24, 2.45) is 4.99 Å². The molecule has 0 fully saturated rings. The lowest BCUT2D eigenvalue weighted by atomic mass is 10.0. The Morgan fingerprint density at radius 3 is 2.71 bits per heavy atom. The Labute approximate surface area is 205 Å². The van der Waals surface area contributed by atoms with E-state index in [-0.39, 0.29) is 11.7 Å². The van der Waals surface area contributed by atoms with Crippen molar-refractivity contribution in [3.05, 3.63) is 77.1 Å². The van der Waals surface area contributed by atoms with Gasteiger partial charge < -0.3 is 14.2 Å². The maximum atomic E-state index is 13.6. The summed E-state index contributed by atoms with van der Waals surface area (Å²) >= 11 is 2.78. The third-order valence-electron chi connectivity index (χ3n) is 5.18. The van der Waals surface area contributed by atoms with Crippen molar-refractivity contribution in [3.63, 3.8) is 0 Å². The first-order chi connectivity index (χ1) is 16.3. The number of ether oxygens (including phenoxy) is 3. The van der Waals surface area contributed by atoms with E-state index in [1.807, 2.05) is 42.6 Å². The molecule has 3 heterocycles. The lowest BCUT2D eigenvalue weighted by molar-refractivity contribution is -0.143. The fourth-order valence-electron chi connectivity index (χ4n) is 3.78.